The van der Waals surface area contributed by atoms with Gasteiger partial charge in [0.25, 0.3) is 5.91 Å². The Bertz CT molecular complexity index is 1370. The molecule has 3 N–H and O–H groups in total. The van der Waals surface area contributed by atoms with Gasteiger partial charge in [-0.05, 0) is 86.4 Å². The molecular weight excluding hydrogens is 574 g/mol. The van der Waals surface area contributed by atoms with Gasteiger partial charge in [-0.3, -0.25) is 19.9 Å². The maximum Gasteiger partial charge on any atom is 0.253 e. The highest BCUT2D eigenvalue weighted by Crippen LogP contribution is 2.52. The zero-order valence-electron chi connectivity index (χ0n) is 29.2. The molecule has 7 atom stereocenters. The van der Waals surface area contributed by atoms with Crippen molar-refractivity contribution in [2.24, 2.45) is 28.5 Å². The number of likely N-dealkylation sites (tertiary alicyclic amines) is 1. The summed E-state index contributed by atoms with van der Waals surface area (Å²) in [5, 5.41) is 12.1. The lowest BCUT2D eigenvalue weighted by atomic mass is 9.68. The van der Waals surface area contributed by atoms with Crippen LogP contribution in [0.1, 0.15) is 74.9 Å². The molecule has 1 aromatic carbocycles. The van der Waals surface area contributed by atoms with E-state index in [0.29, 0.717) is 29.6 Å². The molecule has 2 aliphatic carbocycles. The Balaban J connectivity index is 0.000000293. The third-order valence-corrected chi connectivity index (χ3v) is 9.65. The molecule has 0 radical (unpaired) electrons. The molecule has 1 spiro atoms. The first-order valence-electron chi connectivity index (χ1n) is 16.6. The fourth-order valence-electron chi connectivity index (χ4n) is 7.19. The molecular formula is C37H55N7O2. The number of nitrogens with zero attached hydrogens (tertiary/aromatic N) is 5. The van der Waals surface area contributed by atoms with Crippen molar-refractivity contribution >= 4 is 18.2 Å². The average molecular weight is 630 g/mol. The number of aryl methyl sites for hydroxylation is 1. The van der Waals surface area contributed by atoms with Crippen molar-refractivity contribution in [3.63, 3.8) is 0 Å². The molecule has 9 heteroatoms. The number of amides is 2. The summed E-state index contributed by atoms with van der Waals surface area (Å²) in [4.78, 5) is 33.1. The SMILES string of the molecule is C/C=C\C(C)CC1=CCCc2cc(C(=O)N(C)C)ccc2C12C[C@H](NCC)N=C2N.C=CN(C)C.CC1C2CC(C#N)N(C=O)C12. The van der Waals surface area contributed by atoms with Gasteiger partial charge in [-0.15, -0.1) is 0 Å². The first-order valence-corrected chi connectivity index (χ1v) is 16.6. The summed E-state index contributed by atoms with van der Waals surface area (Å²) in [6, 6.07) is 8.54. The third kappa shape index (κ3) is 7.90. The second-order valence-electron chi connectivity index (χ2n) is 13.3. The summed E-state index contributed by atoms with van der Waals surface area (Å²) in [6.45, 7) is 12.9. The van der Waals surface area contributed by atoms with Gasteiger partial charge in [-0.25, -0.2) is 0 Å². The van der Waals surface area contributed by atoms with Crippen LogP contribution in [0.2, 0.25) is 0 Å². The second kappa shape index (κ2) is 16.1. The monoisotopic (exact) mass is 629 g/mol. The molecule has 1 saturated heterocycles. The zero-order chi connectivity index (χ0) is 34.2. The van der Waals surface area contributed by atoms with Crippen LogP contribution in [0.15, 0.2) is 59.8 Å². The lowest BCUT2D eigenvalue weighted by Gasteiger charge is -2.35. The summed E-state index contributed by atoms with van der Waals surface area (Å²) in [6.07, 6.45) is 13.9. The van der Waals surface area contributed by atoms with Crippen LogP contribution in [-0.2, 0) is 16.6 Å². The average Bonchev–Trinajstić information content (AvgIpc) is 3.36. The minimum absolute atomic E-state index is 0.0180. The van der Waals surface area contributed by atoms with Crippen LogP contribution >= 0.6 is 0 Å². The normalized spacial score (nSPS) is 27.7. The molecule has 0 bridgehead atoms. The molecule has 6 unspecified atom stereocenters. The first-order chi connectivity index (χ1) is 21.9. The van der Waals surface area contributed by atoms with Gasteiger partial charge in [-0.2, -0.15) is 5.26 Å². The van der Waals surface area contributed by atoms with Gasteiger partial charge in [-0.1, -0.05) is 57.2 Å². The van der Waals surface area contributed by atoms with Gasteiger partial charge in [0.2, 0.25) is 6.41 Å². The van der Waals surface area contributed by atoms with Crippen molar-refractivity contribution in [3.05, 3.63) is 71.5 Å². The number of carbonyl (C=O) groups is 2. The largest absolute Gasteiger partial charge is 0.386 e. The number of hydrogen-bond acceptors (Lipinski definition) is 7. The number of nitriles is 1. The highest BCUT2D eigenvalue weighted by atomic mass is 16.2. The fourth-order valence-corrected chi connectivity index (χ4v) is 7.19. The predicted molar refractivity (Wildman–Crippen MR) is 187 cm³/mol. The van der Waals surface area contributed by atoms with Crippen molar-refractivity contribution < 1.29 is 9.59 Å². The Labute approximate surface area is 276 Å². The molecule has 2 heterocycles. The van der Waals surface area contributed by atoms with Gasteiger partial charge in [0.15, 0.2) is 0 Å². The van der Waals surface area contributed by atoms with E-state index < -0.39 is 5.41 Å². The first kappa shape index (κ1) is 36.6. The molecule has 1 saturated carbocycles. The number of nitrogens with one attached hydrogen (secondary N) is 1. The van der Waals surface area contributed by atoms with Crippen LogP contribution in [0, 0.1) is 29.1 Å². The fraction of sp³-hybridized carbons (Fsp3) is 0.568. The number of aliphatic imine (C=N–C) groups is 1. The number of piperidine rings is 1. The quantitative estimate of drug-likeness (QED) is 0.313. The number of nitrogens with two attached hydrogens (primary N) is 1. The molecule has 1 aromatic rings. The van der Waals surface area contributed by atoms with E-state index in [1.165, 1.54) is 16.7 Å². The van der Waals surface area contributed by atoms with E-state index in [0.717, 1.165) is 50.6 Å². The molecule has 4 aliphatic rings. The Hall–Kier alpha value is -3.90. The van der Waals surface area contributed by atoms with Gasteiger partial charge < -0.3 is 20.4 Å². The Morgan fingerprint density at radius 3 is 2.59 bits per heavy atom. The van der Waals surface area contributed by atoms with Crippen molar-refractivity contribution in [3.8, 4) is 6.07 Å². The number of benzene rings is 1. The number of carbonyl (C=O) groups excluding carboxylic acids is 2. The van der Waals surface area contributed by atoms with E-state index in [4.69, 9.17) is 16.0 Å². The molecule has 2 fully saturated rings. The van der Waals surface area contributed by atoms with Crippen LogP contribution in [0.3, 0.4) is 0 Å². The minimum Gasteiger partial charge on any atom is -0.386 e. The van der Waals surface area contributed by atoms with E-state index in [1.54, 1.807) is 30.1 Å². The highest BCUT2D eigenvalue weighted by molar-refractivity contribution is 5.98. The van der Waals surface area contributed by atoms with E-state index in [9.17, 15) is 9.59 Å². The van der Waals surface area contributed by atoms with Crippen LogP contribution in [0.25, 0.3) is 0 Å². The minimum atomic E-state index is -0.395. The van der Waals surface area contributed by atoms with Crippen molar-refractivity contribution in [2.45, 2.75) is 83.5 Å². The Morgan fingerprint density at radius 1 is 1.33 bits per heavy atom. The van der Waals surface area contributed by atoms with Gasteiger partial charge >= 0.3 is 0 Å². The Kier molecular flexibility index (Phi) is 12.8. The number of allylic oxidation sites excluding steroid dienone is 3. The maximum absolute atomic E-state index is 12.6. The number of hydrogen-bond donors (Lipinski definition) is 2. The maximum atomic E-state index is 12.6. The number of fused-ring (bicyclic) bond motifs is 3. The summed E-state index contributed by atoms with van der Waals surface area (Å²) in [5.74, 6) is 2.40. The number of rotatable bonds is 8. The topological polar surface area (TPSA) is 118 Å². The standard InChI is InChI=1S/C25H36N4O.C8H10N2O.C4H9N/c1-6-9-17(3)14-20-11-8-10-18-15-19(23(30)29(4)5)12-13-21(18)25(20)16-22(27-7-2)28-24(25)26;1-5-7-2-6(3-9)10(4-11)8(5)7;1-4-5(2)3/h6,9,11-13,15,17,22,27H,7-8,10,14,16H2,1-5H3,(H2,26,28);4-8H,2H2,1H3;4H,1H2,2-3H3/b9-6-;;/t17?,22-,25?;;/m1../s1. The van der Waals surface area contributed by atoms with Crippen molar-refractivity contribution in [1.82, 2.24) is 20.0 Å². The van der Waals surface area contributed by atoms with E-state index in [2.05, 4.69) is 76.0 Å². The Morgan fingerprint density at radius 2 is 2.02 bits per heavy atom. The third-order valence-electron chi connectivity index (χ3n) is 9.65. The summed E-state index contributed by atoms with van der Waals surface area (Å²) >= 11 is 0. The smallest absolute Gasteiger partial charge is 0.253 e. The van der Waals surface area contributed by atoms with Gasteiger partial charge in [0.05, 0.1) is 11.5 Å². The van der Waals surface area contributed by atoms with E-state index in [-0.39, 0.29) is 18.1 Å². The van der Waals surface area contributed by atoms with Crippen molar-refractivity contribution in [2.75, 3.05) is 34.7 Å². The van der Waals surface area contributed by atoms with Gasteiger partial charge in [0, 0.05) is 46.2 Å². The summed E-state index contributed by atoms with van der Waals surface area (Å²) in [5.41, 5.74) is 10.8. The zero-order valence-corrected chi connectivity index (χ0v) is 29.2. The molecule has 46 heavy (non-hydrogen) atoms. The molecule has 9 nitrogen and oxygen atoms in total. The summed E-state index contributed by atoms with van der Waals surface area (Å²) in [7, 11) is 7.46. The van der Waals surface area contributed by atoms with E-state index >= 15 is 0 Å². The lowest BCUT2D eigenvalue weighted by Crippen LogP contribution is -2.42. The van der Waals surface area contributed by atoms with Crippen molar-refractivity contribution in [1.29, 1.82) is 5.26 Å². The highest BCUT2D eigenvalue weighted by Gasteiger charge is 2.58. The van der Waals surface area contributed by atoms with Crippen LogP contribution in [0.5, 0.6) is 0 Å². The predicted octanol–water partition coefficient (Wildman–Crippen LogP) is 4.86. The van der Waals surface area contributed by atoms with E-state index in [1.807, 2.05) is 25.1 Å². The lowest BCUT2D eigenvalue weighted by molar-refractivity contribution is -0.119. The molecule has 2 amide bonds. The molecule has 250 valence electrons. The number of amidine groups is 1. The molecule has 2 aliphatic heterocycles. The second-order valence-corrected chi connectivity index (χ2v) is 13.3. The van der Waals surface area contributed by atoms with Crippen LogP contribution in [0.4, 0.5) is 0 Å². The van der Waals surface area contributed by atoms with Crippen LogP contribution in [-0.4, -0.2) is 85.8 Å². The summed E-state index contributed by atoms with van der Waals surface area (Å²) < 4.78 is 0. The van der Waals surface area contributed by atoms with Crippen LogP contribution < -0.4 is 11.1 Å². The van der Waals surface area contributed by atoms with Gasteiger partial charge in [0.1, 0.15) is 18.0 Å². The molecule has 5 rings (SSSR count). The molecule has 0 aromatic heterocycles.